The van der Waals surface area contributed by atoms with Gasteiger partial charge >= 0.3 is 5.97 Å². The predicted octanol–water partition coefficient (Wildman–Crippen LogP) is 0.311. The van der Waals surface area contributed by atoms with E-state index >= 15 is 0 Å². The Labute approximate surface area is 70.8 Å². The highest BCUT2D eigenvalue weighted by molar-refractivity contribution is 5.73. The van der Waals surface area contributed by atoms with E-state index in [-0.39, 0.29) is 24.3 Å². The van der Waals surface area contributed by atoms with Gasteiger partial charge in [0.15, 0.2) is 6.29 Å². The fourth-order valence-electron chi connectivity index (χ4n) is 1.37. The number of epoxide rings is 1. The molecule has 1 atom stereocenters. The predicted molar refractivity (Wildman–Crippen MR) is 39.4 cm³/mol. The molecule has 0 spiro atoms. The first kappa shape index (κ1) is 8.01. The minimum atomic E-state index is -0.119. The highest BCUT2D eigenvalue weighted by Crippen LogP contribution is 2.33. The van der Waals surface area contributed by atoms with E-state index in [9.17, 15) is 4.79 Å². The second-order valence-corrected chi connectivity index (χ2v) is 3.21. The Morgan fingerprint density at radius 3 is 2.67 bits per heavy atom. The summed E-state index contributed by atoms with van der Waals surface area (Å²) in [6, 6.07) is 0. The molecule has 1 saturated heterocycles. The van der Waals surface area contributed by atoms with Crippen LogP contribution >= 0.6 is 0 Å². The zero-order chi connectivity index (χ0) is 8.55. The van der Waals surface area contributed by atoms with Gasteiger partial charge in [0, 0.05) is 0 Å². The number of ether oxygens (including phenoxy) is 3. The molecule has 1 aliphatic heterocycles. The third kappa shape index (κ3) is 1.59. The highest BCUT2D eigenvalue weighted by atomic mass is 16.8. The normalized spacial score (nSPS) is 38.6. The quantitative estimate of drug-likeness (QED) is 0.454. The fraction of sp³-hybridized carbons (Fsp3) is 0.875. The largest absolute Gasteiger partial charge is 0.469 e. The van der Waals surface area contributed by atoms with Crippen LogP contribution in [0, 0.1) is 5.92 Å². The van der Waals surface area contributed by atoms with Gasteiger partial charge < -0.3 is 14.2 Å². The van der Waals surface area contributed by atoms with Gasteiger partial charge in [-0.05, 0) is 12.8 Å². The average Bonchev–Trinajstić information content (AvgIpc) is 2.78. The maximum atomic E-state index is 10.9. The van der Waals surface area contributed by atoms with Crippen LogP contribution in [0.2, 0.25) is 0 Å². The van der Waals surface area contributed by atoms with Gasteiger partial charge in [0.2, 0.25) is 0 Å². The summed E-state index contributed by atoms with van der Waals surface area (Å²) >= 11 is 0. The number of esters is 1. The molecule has 4 heteroatoms. The molecular weight excluding hydrogens is 160 g/mol. The summed E-state index contributed by atoms with van der Waals surface area (Å²) in [7, 11) is 1.42. The van der Waals surface area contributed by atoms with Crippen LogP contribution in [0.15, 0.2) is 0 Å². The van der Waals surface area contributed by atoms with Crippen molar-refractivity contribution < 1.29 is 19.0 Å². The average molecular weight is 172 g/mol. The molecule has 12 heavy (non-hydrogen) atoms. The van der Waals surface area contributed by atoms with E-state index in [1.165, 1.54) is 7.11 Å². The Hall–Kier alpha value is -0.610. The second kappa shape index (κ2) is 3.03. The van der Waals surface area contributed by atoms with Crippen LogP contribution in [0.3, 0.4) is 0 Å². The zero-order valence-electron chi connectivity index (χ0n) is 6.99. The Kier molecular flexibility index (Phi) is 2.02. The molecule has 1 heterocycles. The zero-order valence-corrected chi connectivity index (χ0v) is 6.99. The molecular formula is C8H12O4. The third-order valence-corrected chi connectivity index (χ3v) is 2.28. The molecule has 1 unspecified atom stereocenters. The number of carbonyl (C=O) groups excluding carboxylic acids is 1. The van der Waals surface area contributed by atoms with Crippen molar-refractivity contribution in [3.63, 3.8) is 0 Å². The minimum absolute atomic E-state index is 0.00796. The first-order valence-corrected chi connectivity index (χ1v) is 4.14. The van der Waals surface area contributed by atoms with Crippen LogP contribution in [0.1, 0.15) is 12.8 Å². The summed E-state index contributed by atoms with van der Waals surface area (Å²) in [5.74, 6) is -0.0645. The SMILES string of the molecule is COC(=O)C1CC(OC2CO2)C1. The molecule has 68 valence electrons. The van der Waals surface area contributed by atoms with Gasteiger partial charge in [0.05, 0.1) is 19.1 Å². The Morgan fingerprint density at radius 2 is 2.17 bits per heavy atom. The summed E-state index contributed by atoms with van der Waals surface area (Å²) < 4.78 is 14.9. The summed E-state index contributed by atoms with van der Waals surface area (Å²) in [5.41, 5.74) is 0. The number of carbonyl (C=O) groups is 1. The van der Waals surface area contributed by atoms with E-state index in [1.54, 1.807) is 0 Å². The number of hydrogen-bond donors (Lipinski definition) is 0. The smallest absolute Gasteiger partial charge is 0.308 e. The molecule has 2 aliphatic rings. The van der Waals surface area contributed by atoms with Crippen molar-refractivity contribution in [2.45, 2.75) is 25.2 Å². The van der Waals surface area contributed by atoms with Crippen molar-refractivity contribution in [2.75, 3.05) is 13.7 Å². The van der Waals surface area contributed by atoms with Crippen LogP contribution in [-0.4, -0.2) is 32.1 Å². The summed E-state index contributed by atoms with van der Waals surface area (Å²) in [6.07, 6.45) is 1.79. The van der Waals surface area contributed by atoms with Gasteiger partial charge in [-0.1, -0.05) is 0 Å². The molecule has 1 saturated carbocycles. The van der Waals surface area contributed by atoms with Gasteiger partial charge in [-0.3, -0.25) is 4.79 Å². The third-order valence-electron chi connectivity index (χ3n) is 2.28. The minimum Gasteiger partial charge on any atom is -0.469 e. The highest BCUT2D eigenvalue weighted by Gasteiger charge is 2.39. The van der Waals surface area contributed by atoms with Crippen LogP contribution in [-0.2, 0) is 19.0 Å². The van der Waals surface area contributed by atoms with Crippen molar-refractivity contribution in [3.8, 4) is 0 Å². The summed E-state index contributed by atoms with van der Waals surface area (Å²) in [5, 5.41) is 0. The van der Waals surface area contributed by atoms with Gasteiger partial charge in [0.1, 0.15) is 6.61 Å². The molecule has 0 amide bonds. The van der Waals surface area contributed by atoms with Crippen LogP contribution in [0.5, 0.6) is 0 Å². The van der Waals surface area contributed by atoms with Crippen molar-refractivity contribution in [3.05, 3.63) is 0 Å². The van der Waals surface area contributed by atoms with E-state index in [0.717, 1.165) is 12.8 Å². The van der Waals surface area contributed by atoms with Crippen molar-refractivity contribution in [1.29, 1.82) is 0 Å². The van der Waals surface area contributed by atoms with Crippen LogP contribution < -0.4 is 0 Å². The molecule has 0 bridgehead atoms. The topological polar surface area (TPSA) is 48.1 Å². The summed E-state index contributed by atoms with van der Waals surface area (Å²) in [4.78, 5) is 10.9. The molecule has 0 aromatic rings. The standard InChI is InChI=1S/C8H12O4/c1-10-8(9)5-2-6(3-5)12-7-4-11-7/h5-7H,2-4H2,1H3. The lowest BCUT2D eigenvalue weighted by molar-refractivity contribution is -0.157. The second-order valence-electron chi connectivity index (χ2n) is 3.21. The number of methoxy groups -OCH3 is 1. The van der Waals surface area contributed by atoms with Gasteiger partial charge in [-0.2, -0.15) is 0 Å². The number of rotatable bonds is 3. The summed E-state index contributed by atoms with van der Waals surface area (Å²) in [6.45, 7) is 0.708. The Bertz CT molecular complexity index is 181. The molecule has 0 aromatic carbocycles. The van der Waals surface area contributed by atoms with Gasteiger partial charge in [-0.25, -0.2) is 0 Å². The van der Waals surface area contributed by atoms with Crippen molar-refractivity contribution >= 4 is 5.97 Å². The maximum absolute atomic E-state index is 10.9. The molecule has 1 aliphatic carbocycles. The Morgan fingerprint density at radius 1 is 1.50 bits per heavy atom. The molecule has 2 fully saturated rings. The molecule has 4 nitrogen and oxygen atoms in total. The maximum Gasteiger partial charge on any atom is 0.308 e. The van der Waals surface area contributed by atoms with Crippen LogP contribution in [0.25, 0.3) is 0 Å². The molecule has 0 N–H and O–H groups in total. The lowest BCUT2D eigenvalue weighted by atomic mass is 9.82. The van der Waals surface area contributed by atoms with E-state index in [4.69, 9.17) is 9.47 Å². The number of hydrogen-bond acceptors (Lipinski definition) is 4. The molecule has 2 rings (SSSR count). The lowest BCUT2D eigenvalue weighted by Crippen LogP contribution is -2.37. The van der Waals surface area contributed by atoms with E-state index < -0.39 is 0 Å². The van der Waals surface area contributed by atoms with Gasteiger partial charge in [-0.15, -0.1) is 0 Å². The molecule has 0 radical (unpaired) electrons. The van der Waals surface area contributed by atoms with E-state index in [0.29, 0.717) is 6.61 Å². The first-order valence-electron chi connectivity index (χ1n) is 4.14. The van der Waals surface area contributed by atoms with Crippen molar-refractivity contribution in [1.82, 2.24) is 0 Å². The van der Waals surface area contributed by atoms with E-state index in [1.807, 2.05) is 0 Å². The first-order chi connectivity index (χ1) is 5.79. The van der Waals surface area contributed by atoms with Crippen molar-refractivity contribution in [2.24, 2.45) is 5.92 Å². The molecule has 0 aromatic heterocycles. The van der Waals surface area contributed by atoms with Crippen LogP contribution in [0.4, 0.5) is 0 Å². The lowest BCUT2D eigenvalue weighted by Gasteiger charge is -2.32. The van der Waals surface area contributed by atoms with E-state index in [2.05, 4.69) is 4.74 Å². The van der Waals surface area contributed by atoms with Gasteiger partial charge in [0.25, 0.3) is 0 Å². The fourth-order valence-corrected chi connectivity index (χ4v) is 1.37. The monoisotopic (exact) mass is 172 g/mol. The Balaban J connectivity index is 1.65.